The highest BCUT2D eigenvalue weighted by molar-refractivity contribution is 6.39. The average Bonchev–Trinajstić information content (AvgIpc) is 3.61. The van der Waals surface area contributed by atoms with Gasteiger partial charge in [-0.05, 0) is 43.2 Å². The van der Waals surface area contributed by atoms with E-state index in [9.17, 15) is 9.90 Å². The highest BCUT2D eigenvalue weighted by Gasteiger charge is 2.28. The van der Waals surface area contributed by atoms with Gasteiger partial charge in [0, 0.05) is 53.8 Å². The number of carboxylic acid groups (broad SMARTS) is 1. The van der Waals surface area contributed by atoms with E-state index >= 15 is 0 Å². The van der Waals surface area contributed by atoms with Crippen LogP contribution in [-0.2, 0) is 0 Å². The summed E-state index contributed by atoms with van der Waals surface area (Å²) in [5, 5.41) is 15.7. The first-order valence-corrected chi connectivity index (χ1v) is 12.5. The Morgan fingerprint density at radius 3 is 2.65 bits per heavy atom. The number of carbonyl (C=O) groups is 1. The van der Waals surface area contributed by atoms with Gasteiger partial charge in [-0.2, -0.15) is 5.10 Å². The third-order valence-electron chi connectivity index (χ3n) is 6.80. The molecule has 1 N–H and O–H groups in total. The van der Waals surface area contributed by atoms with Gasteiger partial charge in [0.15, 0.2) is 0 Å². The number of imidazole rings is 1. The van der Waals surface area contributed by atoms with E-state index in [0.29, 0.717) is 34.4 Å². The summed E-state index contributed by atoms with van der Waals surface area (Å²) in [6, 6.07) is 9.40. The van der Waals surface area contributed by atoms with E-state index in [1.807, 2.05) is 46.7 Å². The van der Waals surface area contributed by atoms with Crippen molar-refractivity contribution in [3.05, 3.63) is 77.4 Å². The summed E-state index contributed by atoms with van der Waals surface area (Å²) >= 11 is 13.1. The minimum Gasteiger partial charge on any atom is -0.465 e. The number of allylic oxidation sites excluding steroid dienone is 1. The lowest BCUT2D eigenvalue weighted by Crippen LogP contribution is -2.27. The Bertz CT molecular complexity index is 1700. The number of benzene rings is 1. The summed E-state index contributed by atoms with van der Waals surface area (Å²) < 4.78 is 3.84. The van der Waals surface area contributed by atoms with Gasteiger partial charge in [-0.25, -0.2) is 9.78 Å². The molecule has 6 rings (SSSR count). The molecule has 0 aliphatic carbocycles. The van der Waals surface area contributed by atoms with E-state index < -0.39 is 6.09 Å². The van der Waals surface area contributed by atoms with Crippen molar-refractivity contribution in [2.24, 2.45) is 0 Å². The fraction of sp³-hybridized carbons (Fsp3) is 0.185. The van der Waals surface area contributed by atoms with Crippen molar-refractivity contribution in [3.63, 3.8) is 0 Å². The van der Waals surface area contributed by atoms with E-state index in [4.69, 9.17) is 33.2 Å². The normalized spacial score (nSPS) is 15.6. The number of pyridine rings is 2. The van der Waals surface area contributed by atoms with Crippen LogP contribution in [0.25, 0.3) is 44.5 Å². The maximum atomic E-state index is 11.3. The van der Waals surface area contributed by atoms with E-state index in [-0.39, 0.29) is 6.04 Å². The Morgan fingerprint density at radius 1 is 1.16 bits per heavy atom. The quantitative estimate of drug-likeness (QED) is 0.279. The molecule has 0 bridgehead atoms. The standard InChI is InChI=1S/C27H22Cl2N6O2/c1-15(2)25-24(23-20(28)4-3-5-21(23)29)32-26-19-10-16(11-30-22(19)7-9-34(25)26)17-12-31-35(13-17)18-6-8-33(14-18)27(36)37/h3-5,7,9-13,18H,1,6,8,14H2,2H3,(H,36,37)/t18-/m0/s1. The molecule has 1 atom stereocenters. The van der Waals surface area contributed by atoms with Crippen molar-refractivity contribution in [3.8, 4) is 22.4 Å². The molecule has 0 saturated carbocycles. The lowest BCUT2D eigenvalue weighted by atomic mass is 10.1. The number of nitrogens with zero attached hydrogens (tertiary/aromatic N) is 6. The molecule has 1 fully saturated rings. The van der Waals surface area contributed by atoms with E-state index in [1.54, 1.807) is 24.4 Å². The second kappa shape index (κ2) is 8.90. The predicted octanol–water partition coefficient (Wildman–Crippen LogP) is 6.68. The Morgan fingerprint density at radius 2 is 1.95 bits per heavy atom. The monoisotopic (exact) mass is 532 g/mol. The molecule has 0 spiro atoms. The molecule has 8 nitrogen and oxygen atoms in total. The Labute approximate surface area is 222 Å². The van der Waals surface area contributed by atoms with E-state index in [1.165, 1.54) is 4.90 Å². The SMILES string of the molecule is C=C(C)c1c(-c2c(Cl)cccc2Cl)nc2c3cc(-c4cnn([C@H]5CCN(C(=O)O)C5)c4)cnc3ccn12. The molecule has 1 saturated heterocycles. The number of amides is 1. The zero-order valence-electron chi connectivity index (χ0n) is 19.9. The van der Waals surface area contributed by atoms with Gasteiger partial charge in [-0.1, -0.05) is 35.8 Å². The summed E-state index contributed by atoms with van der Waals surface area (Å²) in [6.45, 7) is 7.05. The van der Waals surface area contributed by atoms with Gasteiger partial charge in [-0.15, -0.1) is 0 Å². The predicted molar refractivity (Wildman–Crippen MR) is 145 cm³/mol. The second-order valence-electron chi connectivity index (χ2n) is 9.23. The van der Waals surface area contributed by atoms with Crippen molar-refractivity contribution in [1.29, 1.82) is 0 Å². The molecule has 186 valence electrons. The summed E-state index contributed by atoms with van der Waals surface area (Å²) in [6.07, 6.45) is 7.30. The van der Waals surface area contributed by atoms with Crippen LogP contribution in [0, 0.1) is 0 Å². The van der Waals surface area contributed by atoms with Gasteiger partial charge in [0.2, 0.25) is 0 Å². The molecule has 1 aliphatic heterocycles. The number of fused-ring (bicyclic) bond motifs is 3. The van der Waals surface area contributed by atoms with Gasteiger partial charge >= 0.3 is 6.09 Å². The van der Waals surface area contributed by atoms with Crippen LogP contribution in [0.3, 0.4) is 0 Å². The van der Waals surface area contributed by atoms with Crippen molar-refractivity contribution in [1.82, 2.24) is 29.0 Å². The van der Waals surface area contributed by atoms with Crippen molar-refractivity contribution < 1.29 is 9.90 Å². The van der Waals surface area contributed by atoms with Crippen molar-refractivity contribution >= 4 is 51.4 Å². The molecular formula is C27H22Cl2N6O2. The molecule has 5 heterocycles. The maximum absolute atomic E-state index is 11.3. The third kappa shape index (κ3) is 3.93. The largest absolute Gasteiger partial charge is 0.465 e. The molecule has 1 aromatic carbocycles. The van der Waals surface area contributed by atoms with Crippen LogP contribution in [0.5, 0.6) is 0 Å². The topological polar surface area (TPSA) is 88.5 Å². The zero-order chi connectivity index (χ0) is 25.8. The fourth-order valence-corrected chi connectivity index (χ4v) is 5.56. The molecule has 37 heavy (non-hydrogen) atoms. The lowest BCUT2D eigenvalue weighted by molar-refractivity contribution is 0.154. The zero-order valence-corrected chi connectivity index (χ0v) is 21.4. The number of likely N-dealkylation sites (tertiary alicyclic amines) is 1. The molecule has 4 aromatic heterocycles. The number of aromatic nitrogens is 5. The Kier molecular flexibility index (Phi) is 5.66. The number of hydrogen-bond donors (Lipinski definition) is 1. The van der Waals surface area contributed by atoms with Crippen molar-refractivity contribution in [2.45, 2.75) is 19.4 Å². The average molecular weight is 533 g/mol. The van der Waals surface area contributed by atoms with E-state index in [2.05, 4.69) is 11.7 Å². The van der Waals surface area contributed by atoms with Crippen molar-refractivity contribution in [2.75, 3.05) is 13.1 Å². The van der Waals surface area contributed by atoms with Crippen LogP contribution in [0.15, 0.2) is 61.7 Å². The van der Waals surface area contributed by atoms with E-state index in [0.717, 1.165) is 45.4 Å². The lowest BCUT2D eigenvalue weighted by Gasteiger charge is -2.12. The highest BCUT2D eigenvalue weighted by atomic mass is 35.5. The third-order valence-corrected chi connectivity index (χ3v) is 7.43. The first-order chi connectivity index (χ1) is 17.8. The second-order valence-corrected chi connectivity index (χ2v) is 10.0. The van der Waals surface area contributed by atoms with Gasteiger partial charge in [0.25, 0.3) is 0 Å². The van der Waals surface area contributed by atoms with Crippen LogP contribution in [0.1, 0.15) is 25.1 Å². The smallest absolute Gasteiger partial charge is 0.407 e. The summed E-state index contributed by atoms with van der Waals surface area (Å²) in [4.78, 5) is 22.4. The molecule has 10 heteroatoms. The Balaban J connectivity index is 1.47. The van der Waals surface area contributed by atoms with Gasteiger partial charge in [-0.3, -0.25) is 14.1 Å². The van der Waals surface area contributed by atoms with Gasteiger partial charge in [0.05, 0.1) is 33.5 Å². The van der Waals surface area contributed by atoms with Crippen LogP contribution in [-0.4, -0.2) is 53.3 Å². The van der Waals surface area contributed by atoms with Crippen LogP contribution < -0.4 is 0 Å². The summed E-state index contributed by atoms with van der Waals surface area (Å²) in [7, 11) is 0. The number of halogens is 2. The molecular weight excluding hydrogens is 511 g/mol. The maximum Gasteiger partial charge on any atom is 0.407 e. The first-order valence-electron chi connectivity index (χ1n) is 11.8. The van der Waals surface area contributed by atoms with Crippen LogP contribution in [0.2, 0.25) is 10.0 Å². The van der Waals surface area contributed by atoms with Gasteiger partial charge < -0.3 is 10.0 Å². The molecule has 5 aromatic rings. The number of hydrogen-bond acceptors (Lipinski definition) is 4. The number of rotatable bonds is 4. The van der Waals surface area contributed by atoms with Crippen LogP contribution >= 0.6 is 23.2 Å². The Hall–Kier alpha value is -3.88. The minimum atomic E-state index is -0.899. The summed E-state index contributed by atoms with van der Waals surface area (Å²) in [5.41, 5.74) is 6.28. The first kappa shape index (κ1) is 23.5. The van der Waals surface area contributed by atoms with Gasteiger partial charge in [0.1, 0.15) is 11.3 Å². The fourth-order valence-electron chi connectivity index (χ4n) is 4.98. The molecule has 1 amide bonds. The minimum absolute atomic E-state index is 0.0123. The summed E-state index contributed by atoms with van der Waals surface area (Å²) in [5.74, 6) is 0. The van der Waals surface area contributed by atoms with Crippen LogP contribution in [0.4, 0.5) is 4.79 Å². The molecule has 1 aliphatic rings. The highest BCUT2D eigenvalue weighted by Crippen LogP contribution is 2.39. The molecule has 0 unspecified atom stereocenters. The molecule has 0 radical (unpaired) electrons.